The molecule has 4 aromatic rings. The average molecular weight is 527 g/mol. The first-order valence-electron chi connectivity index (χ1n) is 12.3. The van der Waals surface area contributed by atoms with Gasteiger partial charge < -0.3 is 15.4 Å². The second kappa shape index (κ2) is 11.7. The largest absolute Gasteiger partial charge is 0.445 e. The van der Waals surface area contributed by atoms with Gasteiger partial charge >= 0.3 is 6.09 Å². The zero-order chi connectivity index (χ0) is 26.3. The molecule has 0 aliphatic carbocycles. The Hall–Kier alpha value is -4.50. The molecule has 9 heteroatoms. The van der Waals surface area contributed by atoms with Crippen molar-refractivity contribution >= 4 is 40.1 Å². The van der Waals surface area contributed by atoms with Gasteiger partial charge in [-0.3, -0.25) is 14.5 Å². The summed E-state index contributed by atoms with van der Waals surface area (Å²) in [6.07, 6.45) is 0.797. The molecule has 192 valence electrons. The van der Waals surface area contributed by atoms with Crippen molar-refractivity contribution in [2.75, 3.05) is 17.2 Å². The number of hydrogen-bond donors (Lipinski definition) is 2. The zero-order valence-corrected chi connectivity index (χ0v) is 21.3. The molecule has 5 rings (SSSR count). The summed E-state index contributed by atoms with van der Waals surface area (Å²) in [5.74, 6) is -0.481. The van der Waals surface area contributed by atoms with Gasteiger partial charge in [-0.2, -0.15) is 0 Å². The Kier molecular flexibility index (Phi) is 7.75. The molecule has 8 nitrogen and oxygen atoms in total. The molecule has 38 heavy (non-hydrogen) atoms. The van der Waals surface area contributed by atoms with Gasteiger partial charge in [-0.05, 0) is 42.7 Å². The highest BCUT2D eigenvalue weighted by Gasteiger charge is 2.35. The molecule has 1 unspecified atom stereocenters. The van der Waals surface area contributed by atoms with Gasteiger partial charge in [-0.25, -0.2) is 9.78 Å². The Morgan fingerprint density at radius 1 is 0.921 bits per heavy atom. The number of carbonyl (C=O) groups excluding carboxylic acids is 3. The van der Waals surface area contributed by atoms with Crippen LogP contribution in [0.5, 0.6) is 0 Å². The molecule has 1 aliphatic heterocycles. The van der Waals surface area contributed by atoms with Crippen LogP contribution >= 0.6 is 11.3 Å². The molecule has 1 aliphatic rings. The highest BCUT2D eigenvalue weighted by atomic mass is 32.1. The Bertz CT molecular complexity index is 1410. The molecule has 3 amide bonds. The lowest BCUT2D eigenvalue weighted by Gasteiger charge is -2.22. The minimum absolute atomic E-state index is 0.160. The molecule has 3 aromatic carbocycles. The van der Waals surface area contributed by atoms with Crippen LogP contribution in [-0.4, -0.2) is 40.4 Å². The number of para-hydroxylation sites is 1. The van der Waals surface area contributed by atoms with E-state index in [0.717, 1.165) is 23.2 Å². The molecule has 2 heterocycles. The summed E-state index contributed by atoms with van der Waals surface area (Å²) in [5.41, 5.74) is 3.66. The lowest BCUT2D eigenvalue weighted by Crippen LogP contribution is -2.43. The number of thiazole rings is 1. The van der Waals surface area contributed by atoms with Crippen LogP contribution < -0.4 is 10.6 Å². The van der Waals surface area contributed by atoms with E-state index in [-0.39, 0.29) is 18.4 Å². The van der Waals surface area contributed by atoms with Gasteiger partial charge in [-0.1, -0.05) is 60.7 Å². The minimum atomic E-state index is -0.604. The van der Waals surface area contributed by atoms with Crippen LogP contribution in [0.1, 0.15) is 28.8 Å². The highest BCUT2D eigenvalue weighted by Crippen LogP contribution is 2.27. The van der Waals surface area contributed by atoms with Gasteiger partial charge in [-0.15, -0.1) is 11.3 Å². The van der Waals surface area contributed by atoms with Gasteiger partial charge in [0.2, 0.25) is 5.91 Å². The molecule has 0 spiro atoms. The number of nitrogens with one attached hydrogen (secondary N) is 2. The summed E-state index contributed by atoms with van der Waals surface area (Å²) in [5, 5.41) is 7.99. The van der Waals surface area contributed by atoms with Crippen LogP contribution in [0.25, 0.3) is 11.3 Å². The van der Waals surface area contributed by atoms with Crippen molar-refractivity contribution in [3.05, 3.63) is 101 Å². The third kappa shape index (κ3) is 6.07. The maximum absolute atomic E-state index is 13.0. The molecular formula is C29H26N4O4S. The van der Waals surface area contributed by atoms with Gasteiger partial charge in [0.05, 0.1) is 5.69 Å². The standard InChI is InChI=1S/C29H26N4O4S/c34-26(30-23-10-5-2-6-11-23)22-15-13-21(14-16-22)24-19-38-28(31-24)32-27(35)25-12-7-17-33(25)29(36)37-18-20-8-3-1-4-9-20/h1-6,8-11,13-16,19,25H,7,12,17-18H2,(H,30,34)(H,31,32,35). The number of nitrogens with zero attached hydrogens (tertiary/aromatic N) is 2. The van der Waals surface area contributed by atoms with Crippen molar-refractivity contribution in [3.8, 4) is 11.3 Å². The average Bonchev–Trinajstić information content (AvgIpc) is 3.63. The normalized spacial score (nSPS) is 14.6. The van der Waals surface area contributed by atoms with Crippen LogP contribution in [-0.2, 0) is 16.1 Å². The number of hydrogen-bond acceptors (Lipinski definition) is 6. The third-order valence-electron chi connectivity index (χ3n) is 6.20. The predicted molar refractivity (Wildman–Crippen MR) is 147 cm³/mol. The number of likely N-dealkylation sites (tertiary alicyclic amines) is 1. The SMILES string of the molecule is O=C(Nc1ccccc1)c1ccc(-c2csc(NC(=O)C3CCCN3C(=O)OCc3ccccc3)n2)cc1. The zero-order valence-electron chi connectivity index (χ0n) is 20.5. The van der Waals surface area contributed by atoms with Gasteiger partial charge in [0.25, 0.3) is 5.91 Å². The van der Waals surface area contributed by atoms with E-state index in [1.54, 1.807) is 12.1 Å². The van der Waals surface area contributed by atoms with Crippen LogP contribution in [0.3, 0.4) is 0 Å². The molecule has 1 saturated heterocycles. The number of rotatable bonds is 7. The van der Waals surface area contributed by atoms with E-state index in [0.29, 0.717) is 29.4 Å². The van der Waals surface area contributed by atoms with Crippen LogP contribution in [0.4, 0.5) is 15.6 Å². The molecule has 0 saturated carbocycles. The molecule has 1 fully saturated rings. The van der Waals surface area contributed by atoms with E-state index in [1.807, 2.05) is 78.2 Å². The van der Waals surface area contributed by atoms with Crippen LogP contribution in [0.2, 0.25) is 0 Å². The van der Waals surface area contributed by atoms with Gasteiger partial charge in [0.15, 0.2) is 5.13 Å². The maximum Gasteiger partial charge on any atom is 0.410 e. The van der Waals surface area contributed by atoms with Crippen LogP contribution in [0.15, 0.2) is 90.3 Å². The van der Waals surface area contributed by atoms with E-state index in [9.17, 15) is 14.4 Å². The summed E-state index contributed by atoms with van der Waals surface area (Å²) in [6.45, 7) is 0.631. The first-order chi connectivity index (χ1) is 18.6. The number of anilines is 2. The monoisotopic (exact) mass is 526 g/mol. The molecule has 0 bridgehead atoms. The maximum atomic E-state index is 13.0. The van der Waals surface area contributed by atoms with Gasteiger partial charge in [0.1, 0.15) is 12.6 Å². The van der Waals surface area contributed by atoms with E-state index >= 15 is 0 Å². The molecular weight excluding hydrogens is 500 g/mol. The summed E-state index contributed by atoms with van der Waals surface area (Å²) >= 11 is 1.30. The second-order valence-electron chi connectivity index (χ2n) is 8.82. The van der Waals surface area contributed by atoms with Crippen LogP contribution in [0, 0.1) is 0 Å². The number of ether oxygens (including phenoxy) is 1. The van der Waals surface area contributed by atoms with Crippen molar-refractivity contribution in [1.82, 2.24) is 9.88 Å². The molecule has 2 N–H and O–H groups in total. The number of benzene rings is 3. The number of amides is 3. The van der Waals surface area contributed by atoms with Gasteiger partial charge in [0, 0.05) is 28.7 Å². The lowest BCUT2D eigenvalue weighted by molar-refractivity contribution is -0.120. The Labute approximate surface area is 224 Å². The summed E-state index contributed by atoms with van der Waals surface area (Å²) in [6, 6.07) is 25.2. The fourth-order valence-electron chi connectivity index (χ4n) is 4.23. The van der Waals surface area contributed by atoms with Crippen molar-refractivity contribution in [1.29, 1.82) is 0 Å². The highest BCUT2D eigenvalue weighted by molar-refractivity contribution is 7.14. The summed E-state index contributed by atoms with van der Waals surface area (Å²) in [7, 11) is 0. The summed E-state index contributed by atoms with van der Waals surface area (Å²) in [4.78, 5) is 44.1. The van der Waals surface area contributed by atoms with E-state index < -0.39 is 12.1 Å². The van der Waals surface area contributed by atoms with Crippen molar-refractivity contribution in [2.45, 2.75) is 25.5 Å². The third-order valence-corrected chi connectivity index (χ3v) is 6.96. The fraction of sp³-hybridized carbons (Fsp3) is 0.172. The quantitative estimate of drug-likeness (QED) is 0.317. The number of carbonyl (C=O) groups is 3. The first kappa shape index (κ1) is 25.2. The first-order valence-corrected chi connectivity index (χ1v) is 13.2. The Morgan fingerprint density at radius 3 is 2.37 bits per heavy atom. The topological polar surface area (TPSA) is 101 Å². The van der Waals surface area contributed by atoms with E-state index in [4.69, 9.17) is 4.74 Å². The second-order valence-corrected chi connectivity index (χ2v) is 9.67. The van der Waals surface area contributed by atoms with Crippen molar-refractivity contribution in [3.63, 3.8) is 0 Å². The van der Waals surface area contributed by atoms with Crippen molar-refractivity contribution < 1.29 is 19.1 Å². The van der Waals surface area contributed by atoms with Crippen molar-refractivity contribution in [2.24, 2.45) is 0 Å². The summed E-state index contributed by atoms with van der Waals surface area (Å²) < 4.78 is 5.43. The Balaban J connectivity index is 1.17. The molecule has 1 aromatic heterocycles. The lowest BCUT2D eigenvalue weighted by atomic mass is 10.1. The smallest absolute Gasteiger partial charge is 0.410 e. The minimum Gasteiger partial charge on any atom is -0.445 e. The predicted octanol–water partition coefficient (Wildman–Crippen LogP) is 5.80. The van der Waals surface area contributed by atoms with E-state index in [1.165, 1.54) is 16.2 Å². The molecule has 1 atom stereocenters. The Morgan fingerprint density at radius 2 is 1.63 bits per heavy atom. The number of aromatic nitrogens is 1. The fourth-order valence-corrected chi connectivity index (χ4v) is 4.95. The van der Waals surface area contributed by atoms with E-state index in [2.05, 4.69) is 15.6 Å². The molecule has 0 radical (unpaired) electrons.